The number of amides is 3. The van der Waals surface area contributed by atoms with Gasteiger partial charge in [0.15, 0.2) is 0 Å². The van der Waals surface area contributed by atoms with Crippen molar-refractivity contribution in [1.29, 1.82) is 0 Å². The molecule has 0 radical (unpaired) electrons. The van der Waals surface area contributed by atoms with Gasteiger partial charge in [0.25, 0.3) is 11.8 Å². The molecule has 3 amide bonds. The van der Waals surface area contributed by atoms with E-state index >= 15 is 0 Å². The minimum Gasteiger partial charge on any atom is -0.491 e. The van der Waals surface area contributed by atoms with E-state index in [4.69, 9.17) is 14.5 Å². The Morgan fingerprint density at radius 1 is 0.959 bits per heavy atom. The monoisotopic (exact) mass is 678 g/mol. The summed E-state index contributed by atoms with van der Waals surface area (Å²) in [6, 6.07) is 14.6. The summed E-state index contributed by atoms with van der Waals surface area (Å²) < 4.78 is 12.7. The molecule has 1 fully saturated rings. The maximum absolute atomic E-state index is 13.3. The molecule has 2 aliphatic rings. The highest BCUT2D eigenvalue weighted by molar-refractivity contribution is 7.21. The van der Waals surface area contributed by atoms with Crippen molar-refractivity contribution in [2.75, 3.05) is 57.2 Å². The maximum Gasteiger partial charge on any atom is 0.263 e. The zero-order valence-corrected chi connectivity index (χ0v) is 27.8. The summed E-state index contributed by atoms with van der Waals surface area (Å²) in [6.45, 7) is 1.84. The van der Waals surface area contributed by atoms with Crippen LogP contribution < -0.4 is 20.3 Å². The highest BCUT2D eigenvalue weighted by Gasteiger charge is 2.42. The number of aromatic nitrogens is 4. The Morgan fingerprint density at radius 3 is 2.55 bits per heavy atom. The zero-order valence-electron chi connectivity index (χ0n) is 27.0. The molecule has 250 valence electrons. The quantitative estimate of drug-likeness (QED) is 0.144. The Morgan fingerprint density at radius 2 is 1.80 bits per heavy atom. The van der Waals surface area contributed by atoms with Gasteiger partial charge in [-0.3, -0.25) is 24.3 Å². The fourth-order valence-corrected chi connectivity index (χ4v) is 6.78. The number of imide groups is 1. The van der Waals surface area contributed by atoms with Crippen LogP contribution in [0.5, 0.6) is 5.75 Å². The third-order valence-electron chi connectivity index (χ3n) is 8.31. The largest absolute Gasteiger partial charge is 0.491 e. The van der Waals surface area contributed by atoms with Crippen LogP contribution in [-0.2, 0) is 9.53 Å². The third-order valence-corrected chi connectivity index (χ3v) is 9.38. The van der Waals surface area contributed by atoms with Crippen LogP contribution in [0.25, 0.3) is 32.0 Å². The van der Waals surface area contributed by atoms with Crippen LogP contribution in [0.3, 0.4) is 0 Å². The van der Waals surface area contributed by atoms with E-state index in [1.807, 2.05) is 55.5 Å². The number of nitrogens with zero attached hydrogens (tertiary/aromatic N) is 6. The second kappa shape index (κ2) is 13.9. The van der Waals surface area contributed by atoms with Gasteiger partial charge in [-0.25, -0.2) is 15.0 Å². The van der Waals surface area contributed by atoms with E-state index in [1.54, 1.807) is 41.9 Å². The molecule has 5 heterocycles. The van der Waals surface area contributed by atoms with Crippen molar-refractivity contribution in [1.82, 2.24) is 30.2 Å². The van der Waals surface area contributed by atoms with Gasteiger partial charge in [-0.1, -0.05) is 6.07 Å². The summed E-state index contributed by atoms with van der Waals surface area (Å²) in [6.07, 6.45) is 6.11. The molecule has 0 aliphatic carbocycles. The molecule has 2 aliphatic heterocycles. The molecular formula is C35H34N8O5S. The van der Waals surface area contributed by atoms with Gasteiger partial charge < -0.3 is 25.0 Å². The molecule has 0 spiro atoms. The smallest absolute Gasteiger partial charge is 0.263 e. The summed E-state index contributed by atoms with van der Waals surface area (Å²) in [4.78, 5) is 59.1. The number of rotatable bonds is 12. The number of hydrogen-bond donors (Lipinski definition) is 2. The summed E-state index contributed by atoms with van der Waals surface area (Å²) >= 11 is 1.57. The van der Waals surface area contributed by atoms with Crippen LogP contribution in [0.4, 0.5) is 11.6 Å². The van der Waals surface area contributed by atoms with E-state index in [0.29, 0.717) is 62.0 Å². The highest BCUT2D eigenvalue weighted by Crippen LogP contribution is 2.34. The summed E-state index contributed by atoms with van der Waals surface area (Å²) in [5, 5.41) is 6.85. The molecule has 14 heteroatoms. The lowest BCUT2D eigenvalue weighted by Crippen LogP contribution is -2.50. The first-order chi connectivity index (χ1) is 23.9. The van der Waals surface area contributed by atoms with E-state index in [2.05, 4.69) is 25.6 Å². The summed E-state index contributed by atoms with van der Waals surface area (Å²) in [7, 11) is 3.80. The minimum absolute atomic E-state index is 0.0636. The van der Waals surface area contributed by atoms with Crippen molar-refractivity contribution >= 4 is 50.9 Å². The first-order valence-electron chi connectivity index (χ1n) is 15.9. The third kappa shape index (κ3) is 6.78. The minimum atomic E-state index is -0.344. The van der Waals surface area contributed by atoms with Gasteiger partial charge in [-0.15, -0.1) is 11.3 Å². The van der Waals surface area contributed by atoms with Crippen molar-refractivity contribution in [3.8, 4) is 27.6 Å². The lowest BCUT2D eigenvalue weighted by Gasteiger charge is -2.29. The molecule has 3 aromatic heterocycles. The number of anilines is 2. The van der Waals surface area contributed by atoms with E-state index in [1.165, 1.54) is 4.90 Å². The van der Waals surface area contributed by atoms with Gasteiger partial charge in [-0.2, -0.15) is 0 Å². The number of carbonyl (C=O) groups excluding carboxylic acids is 3. The predicted molar refractivity (Wildman–Crippen MR) is 186 cm³/mol. The SMILES string of the molecule is CN(C)c1ncc(-c2ccc(-c3nc4ccc(OCCOCCNc5cccc6c5C(=O)N(C5CCC(=O)NC5)C6=O)cc4s3)cn2)cn1. The Bertz CT molecular complexity index is 2010. The van der Waals surface area contributed by atoms with Crippen LogP contribution in [0, 0.1) is 0 Å². The molecule has 1 saturated heterocycles. The number of benzene rings is 2. The molecule has 0 saturated carbocycles. The zero-order chi connectivity index (χ0) is 33.9. The first-order valence-corrected chi connectivity index (χ1v) is 16.8. The molecule has 1 atom stereocenters. The molecular weight excluding hydrogens is 645 g/mol. The molecule has 2 aromatic carbocycles. The highest BCUT2D eigenvalue weighted by atomic mass is 32.1. The number of piperidine rings is 1. The lowest BCUT2D eigenvalue weighted by atomic mass is 10.1. The number of nitrogens with one attached hydrogen (secondary N) is 2. The van der Waals surface area contributed by atoms with E-state index < -0.39 is 0 Å². The number of pyridine rings is 1. The maximum atomic E-state index is 13.3. The van der Waals surface area contributed by atoms with Crippen molar-refractivity contribution in [3.05, 3.63) is 78.2 Å². The molecule has 49 heavy (non-hydrogen) atoms. The standard InChI is InChI=1S/C35H34N8O5S/c1-42(2)35-39-18-22(19-40-35)26-9-6-21(17-37-26)32-41-27-10-8-24(16-29(27)49-32)48-15-14-47-13-12-36-28-5-3-4-25-31(28)34(46)43(33(25)45)23-7-11-30(44)38-20-23/h3-6,8-10,16-19,23,36H,7,11-15,20H2,1-2H3,(H,38,44). The molecule has 0 bridgehead atoms. The Hall–Kier alpha value is -5.47. The summed E-state index contributed by atoms with van der Waals surface area (Å²) in [5.74, 6) is 0.646. The van der Waals surface area contributed by atoms with Crippen LogP contribution >= 0.6 is 11.3 Å². The second-order valence-corrected chi connectivity index (χ2v) is 12.9. The average molecular weight is 679 g/mol. The van der Waals surface area contributed by atoms with Gasteiger partial charge in [0.2, 0.25) is 11.9 Å². The van der Waals surface area contributed by atoms with Crippen LogP contribution in [-0.4, -0.2) is 95.6 Å². The second-order valence-electron chi connectivity index (χ2n) is 11.8. The number of fused-ring (bicyclic) bond motifs is 2. The average Bonchev–Trinajstić information content (AvgIpc) is 3.66. The molecule has 1 unspecified atom stereocenters. The van der Waals surface area contributed by atoms with Gasteiger partial charge in [0, 0.05) is 69.0 Å². The molecule has 5 aromatic rings. The molecule has 2 N–H and O–H groups in total. The molecule has 13 nitrogen and oxygen atoms in total. The van der Waals surface area contributed by atoms with Crippen LogP contribution in [0.2, 0.25) is 0 Å². The Balaban J connectivity index is 0.879. The van der Waals surface area contributed by atoms with E-state index in [-0.39, 0.29) is 30.3 Å². The topological polar surface area (TPSA) is 152 Å². The van der Waals surface area contributed by atoms with E-state index in [0.717, 1.165) is 37.8 Å². The fourth-order valence-electron chi connectivity index (χ4n) is 5.79. The lowest BCUT2D eigenvalue weighted by molar-refractivity contribution is -0.123. The van der Waals surface area contributed by atoms with Crippen molar-refractivity contribution in [3.63, 3.8) is 0 Å². The van der Waals surface area contributed by atoms with Gasteiger partial charge in [0.1, 0.15) is 17.4 Å². The number of hydrogen-bond acceptors (Lipinski definition) is 12. The first kappa shape index (κ1) is 32.1. The van der Waals surface area contributed by atoms with Crippen molar-refractivity contribution < 1.29 is 23.9 Å². The Kier molecular flexibility index (Phi) is 9.13. The van der Waals surface area contributed by atoms with Crippen molar-refractivity contribution in [2.45, 2.75) is 18.9 Å². The Labute approximate surface area is 286 Å². The summed E-state index contributed by atoms with van der Waals surface area (Å²) in [5.41, 5.74) is 4.77. The number of thiazole rings is 1. The number of carbonyl (C=O) groups is 3. The molecule has 7 rings (SSSR count). The van der Waals surface area contributed by atoms with Gasteiger partial charge in [0.05, 0.1) is 46.3 Å². The van der Waals surface area contributed by atoms with Gasteiger partial charge in [-0.05, 0) is 48.9 Å². The van der Waals surface area contributed by atoms with Crippen molar-refractivity contribution in [2.24, 2.45) is 0 Å². The van der Waals surface area contributed by atoms with E-state index in [9.17, 15) is 14.4 Å². The fraction of sp³-hybridized carbons (Fsp3) is 0.286. The number of ether oxygens (including phenoxy) is 2. The van der Waals surface area contributed by atoms with Crippen LogP contribution in [0.15, 0.2) is 67.1 Å². The van der Waals surface area contributed by atoms with Crippen LogP contribution in [0.1, 0.15) is 33.6 Å². The van der Waals surface area contributed by atoms with Gasteiger partial charge >= 0.3 is 0 Å². The normalized spacial score (nSPS) is 15.8. The predicted octanol–water partition coefficient (Wildman–Crippen LogP) is 4.26.